The molecule has 0 aliphatic carbocycles. The summed E-state index contributed by atoms with van der Waals surface area (Å²) in [5, 5.41) is 4.13. The molecule has 2 aromatic carbocycles. The molecule has 7 heteroatoms. The standard InChI is InChI=1S/C22H23N3O4/c1-27-18-10-8-15(9-11-18)22(26)25-12-4-6-17(14-25)21-23-20(24-29-21)16-5-3-7-19(13-16)28-2/h3,5,7-11,13,17H,4,6,12,14H2,1-2H3/t17-/m1/s1. The number of benzene rings is 2. The van der Waals surface area contributed by atoms with Gasteiger partial charge < -0.3 is 18.9 Å². The summed E-state index contributed by atoms with van der Waals surface area (Å²) in [5.41, 5.74) is 1.48. The van der Waals surface area contributed by atoms with Crippen LogP contribution in [0, 0.1) is 0 Å². The first kappa shape index (κ1) is 19.0. The SMILES string of the molecule is COc1ccc(C(=O)N2CCC[C@@H](c3nc(-c4cccc(OC)c4)no3)C2)cc1. The summed E-state index contributed by atoms with van der Waals surface area (Å²) >= 11 is 0. The van der Waals surface area contributed by atoms with Crippen molar-refractivity contribution in [2.75, 3.05) is 27.3 Å². The molecule has 0 bridgehead atoms. The van der Waals surface area contributed by atoms with Gasteiger partial charge in [-0.2, -0.15) is 4.98 Å². The number of hydrogen-bond acceptors (Lipinski definition) is 6. The van der Waals surface area contributed by atoms with E-state index in [4.69, 9.17) is 14.0 Å². The van der Waals surface area contributed by atoms with Crippen molar-refractivity contribution in [2.45, 2.75) is 18.8 Å². The minimum absolute atomic E-state index is 0.00453. The highest BCUT2D eigenvalue weighted by Gasteiger charge is 2.29. The molecular weight excluding hydrogens is 370 g/mol. The number of amides is 1. The monoisotopic (exact) mass is 393 g/mol. The van der Waals surface area contributed by atoms with Crippen molar-refractivity contribution in [3.05, 3.63) is 60.0 Å². The van der Waals surface area contributed by atoms with Crippen molar-refractivity contribution in [3.63, 3.8) is 0 Å². The van der Waals surface area contributed by atoms with Crippen molar-refractivity contribution in [3.8, 4) is 22.9 Å². The van der Waals surface area contributed by atoms with Gasteiger partial charge in [-0.3, -0.25) is 4.79 Å². The van der Waals surface area contributed by atoms with E-state index in [0.717, 1.165) is 36.4 Å². The number of likely N-dealkylation sites (tertiary alicyclic amines) is 1. The van der Waals surface area contributed by atoms with Gasteiger partial charge in [0.15, 0.2) is 0 Å². The molecule has 4 rings (SSSR count). The molecule has 29 heavy (non-hydrogen) atoms. The normalized spacial score (nSPS) is 16.5. The molecule has 3 aromatic rings. The van der Waals surface area contributed by atoms with Crippen molar-refractivity contribution in [1.82, 2.24) is 15.0 Å². The molecule has 1 fully saturated rings. The van der Waals surface area contributed by atoms with Crippen LogP contribution in [0.4, 0.5) is 0 Å². The summed E-state index contributed by atoms with van der Waals surface area (Å²) in [7, 11) is 3.23. The zero-order chi connectivity index (χ0) is 20.2. The molecule has 1 atom stereocenters. The van der Waals surface area contributed by atoms with Crippen LogP contribution >= 0.6 is 0 Å². The fraction of sp³-hybridized carbons (Fsp3) is 0.318. The van der Waals surface area contributed by atoms with Gasteiger partial charge in [0.25, 0.3) is 5.91 Å². The molecule has 0 N–H and O–H groups in total. The second kappa shape index (κ2) is 8.34. The predicted molar refractivity (Wildman–Crippen MR) is 107 cm³/mol. The van der Waals surface area contributed by atoms with E-state index in [2.05, 4.69) is 10.1 Å². The average molecular weight is 393 g/mol. The summed E-state index contributed by atoms with van der Waals surface area (Å²) in [6, 6.07) is 14.7. The Balaban J connectivity index is 1.48. The summed E-state index contributed by atoms with van der Waals surface area (Å²) in [4.78, 5) is 19.3. The van der Waals surface area contributed by atoms with Crippen LogP contribution < -0.4 is 9.47 Å². The van der Waals surface area contributed by atoms with Gasteiger partial charge in [-0.15, -0.1) is 0 Å². The van der Waals surface area contributed by atoms with E-state index in [1.165, 1.54) is 0 Å². The highest BCUT2D eigenvalue weighted by Crippen LogP contribution is 2.29. The highest BCUT2D eigenvalue weighted by atomic mass is 16.5. The average Bonchev–Trinajstić information content (AvgIpc) is 3.29. The maximum atomic E-state index is 12.9. The van der Waals surface area contributed by atoms with E-state index in [1.807, 2.05) is 29.2 Å². The van der Waals surface area contributed by atoms with Gasteiger partial charge in [-0.25, -0.2) is 0 Å². The lowest BCUT2D eigenvalue weighted by Gasteiger charge is -2.31. The number of carbonyl (C=O) groups is 1. The zero-order valence-corrected chi connectivity index (χ0v) is 16.5. The molecule has 1 aliphatic heterocycles. The van der Waals surface area contributed by atoms with Gasteiger partial charge in [0, 0.05) is 24.2 Å². The molecule has 1 amide bonds. The minimum Gasteiger partial charge on any atom is -0.497 e. The number of methoxy groups -OCH3 is 2. The van der Waals surface area contributed by atoms with Gasteiger partial charge in [0.05, 0.1) is 20.1 Å². The third-order valence-electron chi connectivity index (χ3n) is 5.16. The fourth-order valence-corrected chi connectivity index (χ4v) is 3.56. The van der Waals surface area contributed by atoms with Gasteiger partial charge in [0.1, 0.15) is 11.5 Å². The lowest BCUT2D eigenvalue weighted by Crippen LogP contribution is -2.39. The Hall–Kier alpha value is -3.35. The molecular formula is C22H23N3O4. The fourth-order valence-electron chi connectivity index (χ4n) is 3.56. The van der Waals surface area contributed by atoms with Gasteiger partial charge >= 0.3 is 0 Å². The molecule has 7 nitrogen and oxygen atoms in total. The molecule has 0 spiro atoms. The summed E-state index contributed by atoms with van der Waals surface area (Å²) in [6.45, 7) is 1.28. The minimum atomic E-state index is 0.00453. The topological polar surface area (TPSA) is 77.7 Å². The Kier molecular flexibility index (Phi) is 5.46. The lowest BCUT2D eigenvalue weighted by atomic mass is 9.97. The first-order valence-corrected chi connectivity index (χ1v) is 9.59. The third kappa shape index (κ3) is 4.08. The van der Waals surface area contributed by atoms with Crippen LogP contribution in [0.5, 0.6) is 11.5 Å². The summed E-state index contributed by atoms with van der Waals surface area (Å²) < 4.78 is 16.0. The van der Waals surface area contributed by atoms with Gasteiger partial charge in [0.2, 0.25) is 11.7 Å². The largest absolute Gasteiger partial charge is 0.497 e. The molecule has 1 aliphatic rings. The van der Waals surface area contributed by atoms with Gasteiger partial charge in [-0.05, 0) is 49.2 Å². The number of rotatable bonds is 5. The summed E-state index contributed by atoms with van der Waals surface area (Å²) in [5.74, 6) is 2.59. The number of ether oxygens (including phenoxy) is 2. The van der Waals surface area contributed by atoms with Crippen molar-refractivity contribution < 1.29 is 18.8 Å². The molecule has 150 valence electrons. The van der Waals surface area contributed by atoms with Crippen LogP contribution in [0.3, 0.4) is 0 Å². The number of piperidine rings is 1. The Morgan fingerprint density at radius 1 is 1.10 bits per heavy atom. The second-order valence-corrected chi connectivity index (χ2v) is 7.01. The van der Waals surface area contributed by atoms with Crippen LogP contribution in [0.25, 0.3) is 11.4 Å². The predicted octanol–water partition coefficient (Wildman–Crippen LogP) is 3.77. The Bertz CT molecular complexity index is 984. The Morgan fingerprint density at radius 2 is 1.90 bits per heavy atom. The maximum Gasteiger partial charge on any atom is 0.253 e. The smallest absolute Gasteiger partial charge is 0.253 e. The quantitative estimate of drug-likeness (QED) is 0.657. The first-order valence-electron chi connectivity index (χ1n) is 9.59. The first-order chi connectivity index (χ1) is 14.2. The van der Waals surface area contributed by atoms with Crippen LogP contribution in [-0.2, 0) is 0 Å². The van der Waals surface area contributed by atoms with Gasteiger partial charge in [-0.1, -0.05) is 17.3 Å². The van der Waals surface area contributed by atoms with Crippen molar-refractivity contribution >= 4 is 5.91 Å². The van der Waals surface area contributed by atoms with E-state index in [0.29, 0.717) is 23.8 Å². The number of nitrogens with zero attached hydrogens (tertiary/aromatic N) is 3. The van der Waals surface area contributed by atoms with E-state index in [1.54, 1.807) is 38.5 Å². The van der Waals surface area contributed by atoms with E-state index >= 15 is 0 Å². The summed E-state index contributed by atoms with van der Waals surface area (Å²) in [6.07, 6.45) is 1.80. The van der Waals surface area contributed by atoms with E-state index < -0.39 is 0 Å². The highest BCUT2D eigenvalue weighted by molar-refractivity contribution is 5.94. The van der Waals surface area contributed by atoms with E-state index in [9.17, 15) is 4.79 Å². The molecule has 2 heterocycles. The number of aromatic nitrogens is 2. The Labute approximate surface area is 169 Å². The van der Waals surface area contributed by atoms with Crippen LogP contribution in [0.1, 0.15) is 35.0 Å². The van der Waals surface area contributed by atoms with Crippen molar-refractivity contribution in [1.29, 1.82) is 0 Å². The van der Waals surface area contributed by atoms with E-state index in [-0.39, 0.29) is 11.8 Å². The maximum absolute atomic E-state index is 12.9. The molecule has 0 unspecified atom stereocenters. The second-order valence-electron chi connectivity index (χ2n) is 7.01. The number of hydrogen-bond donors (Lipinski definition) is 0. The number of carbonyl (C=O) groups excluding carboxylic acids is 1. The molecule has 1 saturated heterocycles. The zero-order valence-electron chi connectivity index (χ0n) is 16.5. The molecule has 1 aromatic heterocycles. The lowest BCUT2D eigenvalue weighted by molar-refractivity contribution is 0.0695. The van der Waals surface area contributed by atoms with Crippen molar-refractivity contribution in [2.24, 2.45) is 0 Å². The molecule has 0 radical (unpaired) electrons. The molecule has 0 saturated carbocycles. The van der Waals surface area contributed by atoms with Crippen LogP contribution in [0.2, 0.25) is 0 Å². The third-order valence-corrected chi connectivity index (χ3v) is 5.16. The van der Waals surface area contributed by atoms with Crippen LogP contribution in [-0.4, -0.2) is 48.3 Å². The Morgan fingerprint density at radius 3 is 2.66 bits per heavy atom. The van der Waals surface area contributed by atoms with Crippen LogP contribution in [0.15, 0.2) is 53.1 Å².